The van der Waals surface area contributed by atoms with Gasteiger partial charge in [0.2, 0.25) is 0 Å². The molecule has 2 aromatic rings. The van der Waals surface area contributed by atoms with Gasteiger partial charge in [-0.25, -0.2) is 0 Å². The van der Waals surface area contributed by atoms with E-state index in [2.05, 4.69) is 48.1 Å². The number of aromatic nitrogens is 2. The Hall–Kier alpha value is -1.39. The molecule has 1 saturated heterocycles. The molecule has 21 heavy (non-hydrogen) atoms. The Morgan fingerprint density at radius 2 is 2.24 bits per heavy atom. The number of hydrogen-bond acceptors (Lipinski definition) is 3. The van der Waals surface area contributed by atoms with Crippen molar-refractivity contribution in [2.45, 2.75) is 45.9 Å². The lowest BCUT2D eigenvalue weighted by Gasteiger charge is -2.10. The van der Waals surface area contributed by atoms with Crippen LogP contribution in [0.2, 0.25) is 0 Å². The minimum Gasteiger partial charge on any atom is -0.376 e. The molecule has 114 valence electrons. The van der Waals surface area contributed by atoms with Gasteiger partial charge in [-0.05, 0) is 31.4 Å². The maximum absolute atomic E-state index is 5.75. The highest BCUT2D eigenvalue weighted by Gasteiger charge is 2.18. The third-order valence-electron chi connectivity index (χ3n) is 3.98. The van der Waals surface area contributed by atoms with E-state index in [4.69, 9.17) is 9.84 Å². The van der Waals surface area contributed by atoms with Gasteiger partial charge in [-0.1, -0.05) is 32.0 Å². The number of ether oxygens (including phenoxy) is 1. The molecule has 0 saturated carbocycles. The van der Waals surface area contributed by atoms with Gasteiger partial charge in [-0.2, -0.15) is 5.10 Å². The van der Waals surface area contributed by atoms with Gasteiger partial charge in [0, 0.05) is 18.5 Å². The fourth-order valence-electron chi connectivity index (χ4n) is 2.93. The van der Waals surface area contributed by atoms with E-state index in [1.807, 2.05) is 0 Å². The number of nitrogens with one attached hydrogen (secondary N) is 1. The maximum Gasteiger partial charge on any atom is 0.0841 e. The predicted molar refractivity (Wildman–Crippen MR) is 85.3 cm³/mol. The summed E-state index contributed by atoms with van der Waals surface area (Å²) in [7, 11) is 0. The van der Waals surface area contributed by atoms with E-state index in [1.165, 1.54) is 17.3 Å². The van der Waals surface area contributed by atoms with Crippen molar-refractivity contribution < 1.29 is 4.74 Å². The minimum absolute atomic E-state index is 0.324. The zero-order valence-corrected chi connectivity index (χ0v) is 13.0. The molecule has 1 aromatic carbocycles. The lowest BCUT2D eigenvalue weighted by Crippen LogP contribution is -2.20. The molecule has 1 aliphatic rings. The SMILES string of the molecule is CC(C)CNCc1nn(CC2CCCO2)c2ccccc12. The highest BCUT2D eigenvalue weighted by Crippen LogP contribution is 2.21. The van der Waals surface area contributed by atoms with E-state index in [0.717, 1.165) is 38.4 Å². The first-order valence-corrected chi connectivity index (χ1v) is 8.01. The van der Waals surface area contributed by atoms with Crippen LogP contribution in [-0.2, 0) is 17.8 Å². The number of hydrogen-bond donors (Lipinski definition) is 1. The molecule has 0 amide bonds. The fourth-order valence-corrected chi connectivity index (χ4v) is 2.93. The van der Waals surface area contributed by atoms with Crippen molar-refractivity contribution in [3.05, 3.63) is 30.0 Å². The molecule has 1 aliphatic heterocycles. The first-order valence-electron chi connectivity index (χ1n) is 8.01. The molecular formula is C17H25N3O. The molecule has 3 rings (SSSR count). The highest BCUT2D eigenvalue weighted by molar-refractivity contribution is 5.81. The van der Waals surface area contributed by atoms with Gasteiger partial charge in [0.1, 0.15) is 0 Å². The van der Waals surface area contributed by atoms with Gasteiger partial charge >= 0.3 is 0 Å². The Kier molecular flexibility index (Phi) is 4.56. The van der Waals surface area contributed by atoms with E-state index in [0.29, 0.717) is 12.0 Å². The third kappa shape index (κ3) is 3.44. The second-order valence-corrected chi connectivity index (χ2v) is 6.31. The quantitative estimate of drug-likeness (QED) is 0.888. The van der Waals surface area contributed by atoms with Gasteiger partial charge in [-0.3, -0.25) is 4.68 Å². The predicted octanol–water partition coefficient (Wildman–Crippen LogP) is 2.96. The monoisotopic (exact) mass is 287 g/mol. The van der Waals surface area contributed by atoms with E-state index in [-0.39, 0.29) is 0 Å². The molecule has 1 atom stereocenters. The molecule has 4 heteroatoms. The fraction of sp³-hybridized carbons (Fsp3) is 0.588. The molecule has 0 aliphatic carbocycles. The molecule has 4 nitrogen and oxygen atoms in total. The Morgan fingerprint density at radius 1 is 1.38 bits per heavy atom. The Balaban J connectivity index is 1.79. The average molecular weight is 287 g/mol. The summed E-state index contributed by atoms with van der Waals surface area (Å²) in [5.74, 6) is 0.658. The molecule has 0 spiro atoms. The van der Waals surface area contributed by atoms with E-state index < -0.39 is 0 Å². The van der Waals surface area contributed by atoms with Crippen LogP contribution in [0.15, 0.2) is 24.3 Å². The summed E-state index contributed by atoms with van der Waals surface area (Å²) >= 11 is 0. The second-order valence-electron chi connectivity index (χ2n) is 6.31. The van der Waals surface area contributed by atoms with Crippen molar-refractivity contribution in [1.29, 1.82) is 0 Å². The van der Waals surface area contributed by atoms with E-state index >= 15 is 0 Å². The molecule has 1 fully saturated rings. The van der Waals surface area contributed by atoms with E-state index in [1.54, 1.807) is 0 Å². The van der Waals surface area contributed by atoms with E-state index in [9.17, 15) is 0 Å². The van der Waals surface area contributed by atoms with Crippen LogP contribution in [0.1, 0.15) is 32.4 Å². The molecule has 1 aromatic heterocycles. The van der Waals surface area contributed by atoms with Gasteiger partial charge < -0.3 is 10.1 Å². The lowest BCUT2D eigenvalue weighted by molar-refractivity contribution is 0.0950. The zero-order chi connectivity index (χ0) is 14.7. The molecular weight excluding hydrogens is 262 g/mol. The largest absolute Gasteiger partial charge is 0.376 e. The van der Waals surface area contributed by atoms with Crippen molar-refractivity contribution in [2.24, 2.45) is 5.92 Å². The van der Waals surface area contributed by atoms with Crippen molar-refractivity contribution in [3.8, 4) is 0 Å². The Morgan fingerprint density at radius 3 is 3.00 bits per heavy atom. The van der Waals surface area contributed by atoms with Crippen molar-refractivity contribution in [3.63, 3.8) is 0 Å². The summed E-state index contributed by atoms with van der Waals surface area (Å²) in [6, 6.07) is 8.50. The van der Waals surface area contributed by atoms with Crippen LogP contribution in [0, 0.1) is 5.92 Å². The molecule has 1 N–H and O–H groups in total. The first-order chi connectivity index (χ1) is 10.2. The summed E-state index contributed by atoms with van der Waals surface area (Å²) < 4.78 is 7.87. The number of rotatable bonds is 6. The zero-order valence-electron chi connectivity index (χ0n) is 13.0. The molecule has 0 bridgehead atoms. The molecule has 1 unspecified atom stereocenters. The first kappa shape index (κ1) is 14.5. The number of fused-ring (bicyclic) bond motifs is 1. The summed E-state index contributed by atoms with van der Waals surface area (Å²) in [5, 5.41) is 9.57. The van der Waals surface area contributed by atoms with Crippen molar-refractivity contribution in [1.82, 2.24) is 15.1 Å². The van der Waals surface area contributed by atoms with Crippen LogP contribution in [0.4, 0.5) is 0 Å². The normalized spacial score (nSPS) is 18.9. The second kappa shape index (κ2) is 6.58. The van der Waals surface area contributed by atoms with Gasteiger partial charge in [0.15, 0.2) is 0 Å². The van der Waals surface area contributed by atoms with Crippen LogP contribution in [-0.4, -0.2) is 29.0 Å². The molecule has 0 radical (unpaired) electrons. The summed E-state index contributed by atoms with van der Waals surface area (Å²) in [6.45, 7) is 8.06. The van der Waals surface area contributed by atoms with Crippen LogP contribution in [0.5, 0.6) is 0 Å². The average Bonchev–Trinajstić information content (AvgIpc) is 3.09. The number of para-hydroxylation sites is 1. The van der Waals surface area contributed by atoms with Crippen LogP contribution < -0.4 is 5.32 Å². The number of nitrogens with zero attached hydrogens (tertiary/aromatic N) is 2. The van der Waals surface area contributed by atoms with Crippen LogP contribution in [0.25, 0.3) is 10.9 Å². The van der Waals surface area contributed by atoms with Crippen LogP contribution >= 0.6 is 0 Å². The van der Waals surface area contributed by atoms with Gasteiger partial charge in [0.05, 0.1) is 23.9 Å². The Labute approximate surface area is 126 Å². The van der Waals surface area contributed by atoms with Crippen molar-refractivity contribution in [2.75, 3.05) is 13.2 Å². The Bertz CT molecular complexity index is 585. The minimum atomic E-state index is 0.324. The summed E-state index contributed by atoms with van der Waals surface area (Å²) in [6.07, 6.45) is 2.65. The molecule has 2 heterocycles. The third-order valence-corrected chi connectivity index (χ3v) is 3.98. The highest BCUT2D eigenvalue weighted by atomic mass is 16.5. The maximum atomic E-state index is 5.75. The topological polar surface area (TPSA) is 39.1 Å². The standard InChI is InChI=1S/C17H25N3O/c1-13(2)10-18-11-16-15-7-3-4-8-17(15)20(19-16)12-14-6-5-9-21-14/h3-4,7-8,13-14,18H,5-6,9-12H2,1-2H3. The van der Waals surface area contributed by atoms with Crippen molar-refractivity contribution >= 4 is 10.9 Å². The van der Waals surface area contributed by atoms with Gasteiger partial charge in [-0.15, -0.1) is 0 Å². The van der Waals surface area contributed by atoms with Gasteiger partial charge in [0.25, 0.3) is 0 Å². The summed E-state index contributed by atoms with van der Waals surface area (Å²) in [4.78, 5) is 0. The number of benzene rings is 1. The smallest absolute Gasteiger partial charge is 0.0841 e. The van der Waals surface area contributed by atoms with Crippen LogP contribution in [0.3, 0.4) is 0 Å². The lowest BCUT2D eigenvalue weighted by atomic mass is 10.2. The summed E-state index contributed by atoms with van der Waals surface area (Å²) in [5.41, 5.74) is 2.36.